The normalized spacial score (nSPS) is 10.7. The van der Waals surface area contributed by atoms with Crippen LogP contribution in [0.25, 0.3) is 10.9 Å². The zero-order valence-electron chi connectivity index (χ0n) is 11.4. The van der Waals surface area contributed by atoms with Crippen molar-refractivity contribution in [3.63, 3.8) is 0 Å². The molecule has 0 aliphatic heterocycles. The van der Waals surface area contributed by atoms with Crippen LogP contribution < -0.4 is 4.74 Å². The summed E-state index contributed by atoms with van der Waals surface area (Å²) in [6.45, 7) is 0.543. The first-order valence-electron chi connectivity index (χ1n) is 6.41. The summed E-state index contributed by atoms with van der Waals surface area (Å²) in [6.07, 6.45) is 3.51. The second-order valence-corrected chi connectivity index (χ2v) is 4.58. The highest BCUT2D eigenvalue weighted by atomic mass is 16.6. The number of non-ortho nitro benzene ring substituents is 1. The summed E-state index contributed by atoms with van der Waals surface area (Å²) >= 11 is 0. The van der Waals surface area contributed by atoms with Crippen molar-refractivity contribution in [2.24, 2.45) is 0 Å². The molecule has 1 aromatic carbocycles. The van der Waals surface area contributed by atoms with Crippen LogP contribution in [0.4, 0.5) is 5.69 Å². The number of nitro benzene ring substituents is 1. The zero-order chi connectivity index (χ0) is 14.8. The van der Waals surface area contributed by atoms with Gasteiger partial charge in [0.15, 0.2) is 0 Å². The number of ether oxygens (including phenoxy) is 1. The van der Waals surface area contributed by atoms with E-state index in [-0.39, 0.29) is 10.6 Å². The van der Waals surface area contributed by atoms with E-state index in [0.29, 0.717) is 17.8 Å². The summed E-state index contributed by atoms with van der Waals surface area (Å²) in [5, 5.41) is 11.7. The van der Waals surface area contributed by atoms with Crippen LogP contribution in [0.3, 0.4) is 0 Å². The average molecular weight is 283 g/mol. The number of nitrogens with zero attached hydrogens (tertiary/aromatic N) is 3. The number of aromatic nitrogens is 2. The largest absolute Gasteiger partial charge is 0.481 e. The van der Waals surface area contributed by atoms with E-state index < -0.39 is 0 Å². The Hall–Kier alpha value is -2.89. The van der Waals surface area contributed by atoms with Crippen LogP contribution in [0.5, 0.6) is 5.88 Å². The predicted octanol–water partition coefficient (Wildman–Crippen LogP) is 3.00. The van der Waals surface area contributed by atoms with Gasteiger partial charge in [0.2, 0.25) is 5.88 Å². The third-order valence-electron chi connectivity index (χ3n) is 3.37. The molecule has 0 unspecified atom stereocenters. The molecule has 21 heavy (non-hydrogen) atoms. The van der Waals surface area contributed by atoms with Crippen LogP contribution in [0, 0.1) is 10.1 Å². The molecular formula is C15H13N3O3. The number of benzene rings is 1. The molecule has 2 heterocycles. The second kappa shape index (κ2) is 5.24. The molecule has 0 spiro atoms. The van der Waals surface area contributed by atoms with E-state index in [0.717, 1.165) is 11.1 Å². The first-order chi connectivity index (χ1) is 10.2. The minimum absolute atomic E-state index is 0.115. The van der Waals surface area contributed by atoms with E-state index in [4.69, 9.17) is 4.74 Å². The molecule has 0 radical (unpaired) electrons. The Labute approximate surface area is 120 Å². The van der Waals surface area contributed by atoms with Gasteiger partial charge in [0.25, 0.3) is 5.69 Å². The number of methoxy groups -OCH3 is 1. The lowest BCUT2D eigenvalue weighted by Gasteiger charge is -2.09. The van der Waals surface area contributed by atoms with Crippen molar-refractivity contribution in [1.29, 1.82) is 0 Å². The topological polar surface area (TPSA) is 70.2 Å². The summed E-state index contributed by atoms with van der Waals surface area (Å²) in [6, 6.07) is 10.6. The number of rotatable bonds is 4. The quantitative estimate of drug-likeness (QED) is 0.545. The van der Waals surface area contributed by atoms with Gasteiger partial charge in [0.05, 0.1) is 29.5 Å². The molecule has 0 aliphatic rings. The molecule has 2 aromatic heterocycles. The molecule has 0 N–H and O–H groups in total. The van der Waals surface area contributed by atoms with Gasteiger partial charge in [-0.05, 0) is 18.2 Å². The van der Waals surface area contributed by atoms with Crippen LogP contribution in [-0.2, 0) is 6.54 Å². The standard InChI is InChI=1S/C15H13N3O3/c1-21-15-11(4-3-8-16-15)10-17-9-7-12-13(17)5-2-6-14(12)18(19)20/h2-9H,10H2,1H3. The monoisotopic (exact) mass is 283 g/mol. The Balaban J connectivity index is 2.06. The molecule has 3 aromatic rings. The predicted molar refractivity (Wildman–Crippen MR) is 78.5 cm³/mol. The number of pyridine rings is 1. The fourth-order valence-electron chi connectivity index (χ4n) is 2.42. The van der Waals surface area contributed by atoms with Gasteiger partial charge in [-0.15, -0.1) is 0 Å². The third kappa shape index (κ3) is 2.31. The Morgan fingerprint density at radius 2 is 2.14 bits per heavy atom. The SMILES string of the molecule is COc1ncccc1Cn1ccc2c([N+](=O)[O-])cccc21. The van der Waals surface area contributed by atoms with Gasteiger partial charge in [-0.1, -0.05) is 12.1 Å². The Morgan fingerprint density at radius 1 is 1.29 bits per heavy atom. The number of hydrogen-bond donors (Lipinski definition) is 0. The van der Waals surface area contributed by atoms with Crippen molar-refractivity contribution in [3.05, 3.63) is 64.5 Å². The number of nitro groups is 1. The average Bonchev–Trinajstić information content (AvgIpc) is 2.91. The second-order valence-electron chi connectivity index (χ2n) is 4.58. The van der Waals surface area contributed by atoms with Crippen molar-refractivity contribution in [2.75, 3.05) is 7.11 Å². The third-order valence-corrected chi connectivity index (χ3v) is 3.37. The lowest BCUT2D eigenvalue weighted by molar-refractivity contribution is -0.383. The molecule has 0 fully saturated rings. The van der Waals surface area contributed by atoms with Crippen molar-refractivity contribution < 1.29 is 9.66 Å². The van der Waals surface area contributed by atoms with Gasteiger partial charge >= 0.3 is 0 Å². The van der Waals surface area contributed by atoms with Crippen molar-refractivity contribution in [2.45, 2.75) is 6.54 Å². The van der Waals surface area contributed by atoms with E-state index in [1.807, 2.05) is 29.0 Å². The van der Waals surface area contributed by atoms with E-state index in [1.54, 1.807) is 25.4 Å². The highest BCUT2D eigenvalue weighted by Crippen LogP contribution is 2.27. The molecule has 0 saturated heterocycles. The maximum absolute atomic E-state index is 11.0. The van der Waals surface area contributed by atoms with Crippen molar-refractivity contribution in [1.82, 2.24) is 9.55 Å². The maximum atomic E-state index is 11.0. The van der Waals surface area contributed by atoms with Crippen LogP contribution >= 0.6 is 0 Å². The molecule has 0 bridgehead atoms. The summed E-state index contributed by atoms with van der Waals surface area (Å²) < 4.78 is 7.18. The summed E-state index contributed by atoms with van der Waals surface area (Å²) in [7, 11) is 1.57. The number of hydrogen-bond acceptors (Lipinski definition) is 4. The highest BCUT2D eigenvalue weighted by molar-refractivity contribution is 5.89. The fourth-order valence-corrected chi connectivity index (χ4v) is 2.42. The molecule has 106 valence electrons. The van der Waals surface area contributed by atoms with Crippen molar-refractivity contribution >= 4 is 16.6 Å². The lowest BCUT2D eigenvalue weighted by atomic mass is 10.2. The molecule has 0 atom stereocenters. The van der Waals surface area contributed by atoms with Gasteiger partial charge in [0.1, 0.15) is 0 Å². The van der Waals surface area contributed by atoms with Crippen molar-refractivity contribution in [3.8, 4) is 5.88 Å². The zero-order valence-corrected chi connectivity index (χ0v) is 11.4. The molecule has 6 heteroatoms. The van der Waals surface area contributed by atoms with E-state index in [1.165, 1.54) is 6.07 Å². The molecule has 0 aliphatic carbocycles. The van der Waals surface area contributed by atoms with E-state index in [9.17, 15) is 10.1 Å². The maximum Gasteiger partial charge on any atom is 0.278 e. The fraction of sp³-hybridized carbons (Fsp3) is 0.133. The van der Waals surface area contributed by atoms with Gasteiger partial charge in [-0.2, -0.15) is 0 Å². The van der Waals surface area contributed by atoms with Crippen LogP contribution in [-0.4, -0.2) is 21.6 Å². The molecule has 6 nitrogen and oxygen atoms in total. The summed E-state index contributed by atoms with van der Waals surface area (Å²) in [4.78, 5) is 14.8. The molecule has 0 amide bonds. The first kappa shape index (κ1) is 13.1. The smallest absolute Gasteiger partial charge is 0.278 e. The van der Waals surface area contributed by atoms with Crippen LogP contribution in [0.15, 0.2) is 48.8 Å². The lowest BCUT2D eigenvalue weighted by Crippen LogP contribution is -2.01. The summed E-state index contributed by atoms with van der Waals surface area (Å²) in [5.74, 6) is 0.560. The van der Waals surface area contributed by atoms with Crippen LogP contribution in [0.2, 0.25) is 0 Å². The first-order valence-corrected chi connectivity index (χ1v) is 6.41. The van der Waals surface area contributed by atoms with Gasteiger partial charge in [-0.25, -0.2) is 4.98 Å². The molecule has 0 saturated carbocycles. The Morgan fingerprint density at radius 3 is 2.90 bits per heavy atom. The van der Waals surface area contributed by atoms with Gasteiger partial charge < -0.3 is 9.30 Å². The summed E-state index contributed by atoms with van der Waals surface area (Å²) in [5.41, 5.74) is 1.85. The van der Waals surface area contributed by atoms with Gasteiger partial charge in [0, 0.05) is 24.0 Å². The highest BCUT2D eigenvalue weighted by Gasteiger charge is 2.14. The molecule has 3 rings (SSSR count). The minimum atomic E-state index is -0.364. The van der Waals surface area contributed by atoms with E-state index in [2.05, 4.69) is 4.98 Å². The number of fused-ring (bicyclic) bond motifs is 1. The van der Waals surface area contributed by atoms with Crippen LogP contribution in [0.1, 0.15) is 5.56 Å². The minimum Gasteiger partial charge on any atom is -0.481 e. The van der Waals surface area contributed by atoms with E-state index >= 15 is 0 Å². The van der Waals surface area contributed by atoms with Gasteiger partial charge in [-0.3, -0.25) is 10.1 Å². The molecular weight excluding hydrogens is 270 g/mol. The Bertz CT molecular complexity index is 811. The Kier molecular flexibility index (Phi) is 3.27.